The fourth-order valence-electron chi connectivity index (χ4n) is 3.40. The van der Waals surface area contributed by atoms with Crippen molar-refractivity contribution in [2.45, 2.75) is 65.1 Å². The molecule has 1 atom stereocenters. The first-order valence-corrected chi connectivity index (χ1v) is 8.69. The maximum Gasteiger partial charge on any atom is 0.249 e. The third-order valence-corrected chi connectivity index (χ3v) is 4.74. The summed E-state index contributed by atoms with van der Waals surface area (Å²) in [5.41, 5.74) is 0.996. The minimum Gasteiger partial charge on any atom is -0.374 e. The molecule has 0 fully saturated rings. The molecule has 1 aliphatic carbocycles. The van der Waals surface area contributed by atoms with Gasteiger partial charge in [0.25, 0.3) is 0 Å². The van der Waals surface area contributed by atoms with Crippen molar-refractivity contribution in [1.29, 1.82) is 0 Å². The van der Waals surface area contributed by atoms with E-state index in [2.05, 4.69) is 27.8 Å². The van der Waals surface area contributed by atoms with E-state index in [1.807, 2.05) is 11.8 Å². The Labute approximate surface area is 137 Å². The van der Waals surface area contributed by atoms with Crippen LogP contribution in [0.2, 0.25) is 0 Å². The van der Waals surface area contributed by atoms with E-state index >= 15 is 0 Å². The molecule has 1 amide bonds. The van der Waals surface area contributed by atoms with Crippen LogP contribution in [-0.2, 0) is 29.1 Å². The fourth-order valence-corrected chi connectivity index (χ4v) is 3.40. The molecule has 0 N–H and O–H groups in total. The molecular weight excluding hydrogens is 292 g/mol. The number of nitrogens with zero attached hydrogens (tertiary/aromatic N) is 4. The van der Waals surface area contributed by atoms with E-state index in [0.717, 1.165) is 49.4 Å². The van der Waals surface area contributed by atoms with Crippen molar-refractivity contribution in [3.63, 3.8) is 0 Å². The lowest BCUT2D eigenvalue weighted by atomic mass is 9.98. The molecule has 0 radical (unpaired) electrons. The maximum absolute atomic E-state index is 12.8. The maximum atomic E-state index is 12.8. The Morgan fingerprint density at radius 2 is 2.22 bits per heavy atom. The Bertz CT molecular complexity index is 593. The number of amides is 1. The van der Waals surface area contributed by atoms with Crippen molar-refractivity contribution in [2.75, 3.05) is 13.2 Å². The second-order valence-electron chi connectivity index (χ2n) is 6.35. The Hall–Kier alpha value is -1.69. The summed E-state index contributed by atoms with van der Waals surface area (Å²) >= 11 is 0. The standard InChI is InChI=1S/C17H26N4O2/c1-3-23-12-16-19-18-15-11-13(2)20(9-10-21(15)16)17(22)14-7-5-4-6-8-14/h7,13H,3-6,8-12H2,1-2H3/t13-/m1/s1. The molecular formula is C17H26N4O2. The Balaban J connectivity index is 1.74. The van der Waals surface area contributed by atoms with Crippen molar-refractivity contribution in [3.05, 3.63) is 23.3 Å². The average molecular weight is 318 g/mol. The van der Waals surface area contributed by atoms with Crippen LogP contribution in [0.5, 0.6) is 0 Å². The first-order valence-electron chi connectivity index (χ1n) is 8.69. The third-order valence-electron chi connectivity index (χ3n) is 4.74. The smallest absolute Gasteiger partial charge is 0.249 e. The van der Waals surface area contributed by atoms with Gasteiger partial charge in [0.05, 0.1) is 0 Å². The Morgan fingerprint density at radius 3 is 2.96 bits per heavy atom. The third kappa shape index (κ3) is 3.47. The number of allylic oxidation sites excluding steroid dienone is 1. The molecule has 0 aromatic carbocycles. The molecule has 126 valence electrons. The number of ether oxygens (including phenoxy) is 1. The lowest BCUT2D eigenvalue weighted by Gasteiger charge is -2.28. The van der Waals surface area contributed by atoms with Crippen LogP contribution >= 0.6 is 0 Å². The molecule has 3 rings (SSSR count). The van der Waals surface area contributed by atoms with E-state index in [9.17, 15) is 4.79 Å². The summed E-state index contributed by atoms with van der Waals surface area (Å²) in [5.74, 6) is 2.03. The van der Waals surface area contributed by atoms with Crippen LogP contribution in [0.4, 0.5) is 0 Å². The Kier molecular flexibility index (Phi) is 5.10. The van der Waals surface area contributed by atoms with Crippen LogP contribution < -0.4 is 0 Å². The number of fused-ring (bicyclic) bond motifs is 1. The van der Waals surface area contributed by atoms with Gasteiger partial charge in [-0.15, -0.1) is 10.2 Å². The largest absolute Gasteiger partial charge is 0.374 e. The first-order chi connectivity index (χ1) is 11.2. The van der Waals surface area contributed by atoms with Crippen molar-refractivity contribution in [1.82, 2.24) is 19.7 Å². The molecule has 0 saturated carbocycles. The number of hydrogen-bond donors (Lipinski definition) is 0. The molecule has 2 aliphatic rings. The number of rotatable bonds is 4. The van der Waals surface area contributed by atoms with E-state index in [4.69, 9.17) is 4.74 Å². The summed E-state index contributed by atoms with van der Waals surface area (Å²) in [5, 5.41) is 8.55. The number of aromatic nitrogens is 3. The number of carbonyl (C=O) groups is 1. The molecule has 1 aromatic rings. The highest BCUT2D eigenvalue weighted by atomic mass is 16.5. The summed E-state index contributed by atoms with van der Waals surface area (Å²) in [7, 11) is 0. The molecule has 23 heavy (non-hydrogen) atoms. The zero-order valence-corrected chi connectivity index (χ0v) is 14.1. The van der Waals surface area contributed by atoms with Gasteiger partial charge < -0.3 is 14.2 Å². The molecule has 6 heteroatoms. The molecule has 2 heterocycles. The van der Waals surface area contributed by atoms with Crippen LogP contribution in [0, 0.1) is 0 Å². The van der Waals surface area contributed by atoms with Gasteiger partial charge in [-0.3, -0.25) is 4.79 Å². The van der Waals surface area contributed by atoms with Crippen molar-refractivity contribution in [3.8, 4) is 0 Å². The highest BCUT2D eigenvalue weighted by Crippen LogP contribution is 2.23. The highest BCUT2D eigenvalue weighted by molar-refractivity contribution is 5.93. The van der Waals surface area contributed by atoms with Crippen molar-refractivity contribution >= 4 is 5.91 Å². The molecule has 1 aliphatic heterocycles. The predicted molar refractivity (Wildman–Crippen MR) is 86.8 cm³/mol. The molecule has 0 unspecified atom stereocenters. The van der Waals surface area contributed by atoms with Gasteiger partial charge in [0.1, 0.15) is 12.4 Å². The number of carbonyl (C=O) groups excluding carboxylic acids is 1. The van der Waals surface area contributed by atoms with Gasteiger partial charge in [-0.1, -0.05) is 6.08 Å². The summed E-state index contributed by atoms with van der Waals surface area (Å²) < 4.78 is 7.59. The second-order valence-corrected chi connectivity index (χ2v) is 6.35. The van der Waals surface area contributed by atoms with Crippen LogP contribution in [-0.4, -0.2) is 44.8 Å². The molecule has 1 aromatic heterocycles. The quantitative estimate of drug-likeness (QED) is 0.853. The summed E-state index contributed by atoms with van der Waals surface area (Å²) in [6.45, 7) is 6.68. The first kappa shape index (κ1) is 16.2. The van der Waals surface area contributed by atoms with Crippen LogP contribution in [0.1, 0.15) is 51.2 Å². The van der Waals surface area contributed by atoms with Gasteiger partial charge in [-0.2, -0.15) is 0 Å². The second kappa shape index (κ2) is 7.25. The van der Waals surface area contributed by atoms with Crippen LogP contribution in [0.25, 0.3) is 0 Å². The monoisotopic (exact) mass is 318 g/mol. The van der Waals surface area contributed by atoms with Crippen LogP contribution in [0.3, 0.4) is 0 Å². The Morgan fingerprint density at radius 1 is 1.35 bits per heavy atom. The van der Waals surface area contributed by atoms with E-state index < -0.39 is 0 Å². The van der Waals surface area contributed by atoms with Gasteiger partial charge in [-0.05, 0) is 39.5 Å². The van der Waals surface area contributed by atoms with Crippen molar-refractivity contribution in [2.24, 2.45) is 0 Å². The normalized spacial score (nSPS) is 21.6. The van der Waals surface area contributed by atoms with E-state index in [1.165, 1.54) is 6.42 Å². The van der Waals surface area contributed by atoms with Gasteiger partial charge >= 0.3 is 0 Å². The van der Waals surface area contributed by atoms with Gasteiger partial charge in [0.2, 0.25) is 5.91 Å². The summed E-state index contributed by atoms with van der Waals surface area (Å²) in [4.78, 5) is 14.8. The van der Waals surface area contributed by atoms with Crippen molar-refractivity contribution < 1.29 is 9.53 Å². The van der Waals surface area contributed by atoms with E-state index in [1.54, 1.807) is 0 Å². The molecule has 0 bridgehead atoms. The highest BCUT2D eigenvalue weighted by Gasteiger charge is 2.29. The molecule has 6 nitrogen and oxygen atoms in total. The minimum atomic E-state index is 0.149. The SMILES string of the molecule is CCOCc1nnc2n1CCN(C(=O)C1=CCCCC1)[C@H](C)C2. The summed E-state index contributed by atoms with van der Waals surface area (Å²) in [6, 6.07) is 0.149. The number of hydrogen-bond acceptors (Lipinski definition) is 4. The molecule has 0 spiro atoms. The average Bonchev–Trinajstić information content (AvgIpc) is 2.87. The summed E-state index contributed by atoms with van der Waals surface area (Å²) in [6.07, 6.45) is 7.16. The van der Waals surface area contributed by atoms with Gasteiger partial charge in [0, 0.05) is 37.7 Å². The zero-order valence-electron chi connectivity index (χ0n) is 14.1. The lowest BCUT2D eigenvalue weighted by molar-refractivity contribution is -0.129. The predicted octanol–water partition coefficient (Wildman–Crippen LogP) is 2.09. The van der Waals surface area contributed by atoms with Gasteiger partial charge in [0.15, 0.2) is 5.82 Å². The van der Waals surface area contributed by atoms with Gasteiger partial charge in [-0.25, -0.2) is 0 Å². The van der Waals surface area contributed by atoms with E-state index in [-0.39, 0.29) is 11.9 Å². The minimum absolute atomic E-state index is 0.149. The topological polar surface area (TPSA) is 60.3 Å². The zero-order chi connectivity index (χ0) is 16.2. The van der Waals surface area contributed by atoms with E-state index in [0.29, 0.717) is 19.8 Å². The molecule has 0 saturated heterocycles. The fraction of sp³-hybridized carbons (Fsp3) is 0.706. The lowest BCUT2D eigenvalue weighted by Crippen LogP contribution is -2.41. The van der Waals surface area contributed by atoms with Crippen LogP contribution in [0.15, 0.2) is 11.6 Å².